The number of carbonyl (C=O) groups excluding carboxylic acids is 2. The minimum absolute atomic E-state index is 0.00394. The van der Waals surface area contributed by atoms with E-state index in [0.717, 1.165) is 27.2 Å². The number of hydrogen-bond donors (Lipinski definition) is 1. The van der Waals surface area contributed by atoms with Crippen LogP contribution in [0.5, 0.6) is 0 Å². The molecule has 5 nitrogen and oxygen atoms in total. The molecule has 3 heterocycles. The summed E-state index contributed by atoms with van der Waals surface area (Å²) in [6.45, 7) is 2.84. The second-order valence-corrected chi connectivity index (χ2v) is 7.15. The Morgan fingerprint density at radius 3 is 2.76 bits per heavy atom. The fraction of sp³-hybridized carbons (Fsp3) is 0.211. The zero-order valence-electron chi connectivity index (χ0n) is 13.7. The van der Waals surface area contributed by atoms with Crippen LogP contribution in [0.25, 0.3) is 10.9 Å². The first-order valence-electron chi connectivity index (χ1n) is 8.12. The largest absolute Gasteiger partial charge is 0.336 e. The molecule has 126 valence electrons. The quantitative estimate of drug-likeness (QED) is 0.787. The zero-order valence-corrected chi connectivity index (χ0v) is 14.5. The molecule has 0 radical (unpaired) electrons. The van der Waals surface area contributed by atoms with Gasteiger partial charge in [0.05, 0.1) is 22.0 Å². The highest BCUT2D eigenvalue weighted by Crippen LogP contribution is 2.26. The Balaban J connectivity index is 1.45. The molecule has 0 saturated carbocycles. The number of hydrogen-bond acceptors (Lipinski definition) is 4. The highest BCUT2D eigenvalue weighted by atomic mass is 32.1. The number of benzene rings is 1. The summed E-state index contributed by atoms with van der Waals surface area (Å²) < 4.78 is 0. The Morgan fingerprint density at radius 2 is 2.00 bits per heavy atom. The molecule has 25 heavy (non-hydrogen) atoms. The second-order valence-electron chi connectivity index (χ2n) is 6.20. The predicted octanol–water partition coefficient (Wildman–Crippen LogP) is 3.32. The summed E-state index contributed by atoms with van der Waals surface area (Å²) in [5.41, 5.74) is 2.49. The van der Waals surface area contributed by atoms with Gasteiger partial charge in [-0.25, -0.2) is 0 Å². The highest BCUT2D eigenvalue weighted by molar-refractivity contribution is 7.12. The first-order chi connectivity index (χ1) is 12.1. The van der Waals surface area contributed by atoms with Gasteiger partial charge in [-0.05, 0) is 30.5 Å². The summed E-state index contributed by atoms with van der Waals surface area (Å²) in [4.78, 5) is 31.7. The fourth-order valence-corrected chi connectivity index (χ4v) is 3.70. The number of anilines is 1. The molecule has 0 atom stereocenters. The van der Waals surface area contributed by atoms with E-state index in [9.17, 15) is 9.59 Å². The number of aryl methyl sites for hydroxylation is 1. The van der Waals surface area contributed by atoms with E-state index in [-0.39, 0.29) is 17.7 Å². The number of amides is 2. The monoisotopic (exact) mass is 351 g/mol. The van der Waals surface area contributed by atoms with Crippen LogP contribution in [0.1, 0.15) is 15.4 Å². The lowest BCUT2D eigenvalue weighted by molar-refractivity contribution is -0.123. The summed E-state index contributed by atoms with van der Waals surface area (Å²) >= 11 is 1.43. The molecule has 0 aliphatic carbocycles. The van der Waals surface area contributed by atoms with E-state index in [2.05, 4.69) is 10.3 Å². The van der Waals surface area contributed by atoms with Crippen LogP contribution in [0.3, 0.4) is 0 Å². The van der Waals surface area contributed by atoms with Crippen LogP contribution in [-0.4, -0.2) is 34.8 Å². The number of aromatic nitrogens is 1. The first-order valence-corrected chi connectivity index (χ1v) is 9.00. The molecule has 1 saturated heterocycles. The maximum Gasteiger partial charge on any atom is 0.263 e. The van der Waals surface area contributed by atoms with E-state index in [1.807, 2.05) is 54.8 Å². The van der Waals surface area contributed by atoms with Gasteiger partial charge in [0, 0.05) is 24.2 Å². The molecule has 1 aromatic carbocycles. The first kappa shape index (κ1) is 15.8. The second kappa shape index (κ2) is 6.29. The van der Waals surface area contributed by atoms with E-state index in [4.69, 9.17) is 0 Å². The maximum atomic E-state index is 12.5. The Kier molecular flexibility index (Phi) is 3.97. The number of nitrogens with zero attached hydrogens (tertiary/aromatic N) is 2. The number of nitrogens with one attached hydrogen (secondary N) is 1. The molecule has 2 amide bonds. The van der Waals surface area contributed by atoms with Crippen LogP contribution in [0.15, 0.2) is 47.8 Å². The van der Waals surface area contributed by atoms with Gasteiger partial charge in [-0.2, -0.15) is 0 Å². The van der Waals surface area contributed by atoms with Crippen LogP contribution in [0, 0.1) is 12.8 Å². The maximum absolute atomic E-state index is 12.5. The Bertz CT molecular complexity index is 946. The number of carbonyl (C=O) groups is 2. The van der Waals surface area contributed by atoms with Crippen LogP contribution in [0.2, 0.25) is 0 Å². The minimum Gasteiger partial charge on any atom is -0.336 e. The van der Waals surface area contributed by atoms with Crippen molar-refractivity contribution in [3.05, 3.63) is 58.4 Å². The normalized spacial score (nSPS) is 14.4. The summed E-state index contributed by atoms with van der Waals surface area (Å²) in [5.74, 6) is -0.216. The SMILES string of the molecule is Cc1cc(NC(=O)C2CN(C(=O)c3cccs3)C2)c2ccccc2n1. The summed E-state index contributed by atoms with van der Waals surface area (Å²) in [7, 11) is 0. The lowest BCUT2D eigenvalue weighted by atomic mass is 9.98. The third-order valence-electron chi connectivity index (χ3n) is 4.37. The van der Waals surface area contributed by atoms with Gasteiger partial charge in [-0.15, -0.1) is 11.3 Å². The van der Waals surface area contributed by atoms with E-state index in [1.54, 1.807) is 4.90 Å². The van der Waals surface area contributed by atoms with Crippen molar-refractivity contribution in [2.45, 2.75) is 6.92 Å². The van der Waals surface area contributed by atoms with Crippen molar-refractivity contribution < 1.29 is 9.59 Å². The van der Waals surface area contributed by atoms with Gasteiger partial charge in [0.15, 0.2) is 0 Å². The standard InChI is InChI=1S/C19H17N3O2S/c1-12-9-16(14-5-2-3-6-15(14)20-12)21-18(23)13-10-22(11-13)19(24)17-7-4-8-25-17/h2-9,13H,10-11H2,1H3,(H,20,21,23). The van der Waals surface area contributed by atoms with Gasteiger partial charge >= 0.3 is 0 Å². The van der Waals surface area contributed by atoms with Crippen LogP contribution < -0.4 is 5.32 Å². The topological polar surface area (TPSA) is 62.3 Å². The average molecular weight is 351 g/mol. The highest BCUT2D eigenvalue weighted by Gasteiger charge is 2.36. The van der Waals surface area contributed by atoms with E-state index in [1.165, 1.54) is 11.3 Å². The molecular weight excluding hydrogens is 334 g/mol. The molecule has 1 fully saturated rings. The molecule has 1 aliphatic heterocycles. The number of fused-ring (bicyclic) bond motifs is 1. The smallest absolute Gasteiger partial charge is 0.263 e. The molecule has 0 bridgehead atoms. The van der Waals surface area contributed by atoms with E-state index < -0.39 is 0 Å². The van der Waals surface area contributed by atoms with Gasteiger partial charge in [-0.3, -0.25) is 14.6 Å². The van der Waals surface area contributed by atoms with Crippen molar-refractivity contribution in [1.29, 1.82) is 0 Å². The molecular formula is C19H17N3O2S. The minimum atomic E-state index is -0.170. The van der Waals surface area contributed by atoms with Crippen LogP contribution in [0.4, 0.5) is 5.69 Å². The van der Waals surface area contributed by atoms with Gasteiger partial charge in [0.2, 0.25) is 5.91 Å². The van der Waals surface area contributed by atoms with E-state index >= 15 is 0 Å². The molecule has 0 unspecified atom stereocenters. The molecule has 1 N–H and O–H groups in total. The van der Waals surface area contributed by atoms with Crippen molar-refractivity contribution in [3.8, 4) is 0 Å². The molecule has 1 aliphatic rings. The molecule has 2 aromatic heterocycles. The van der Waals surface area contributed by atoms with Crippen molar-refractivity contribution >= 4 is 39.7 Å². The van der Waals surface area contributed by atoms with Gasteiger partial charge in [0.25, 0.3) is 5.91 Å². The number of thiophene rings is 1. The fourth-order valence-electron chi connectivity index (χ4n) is 3.01. The van der Waals surface area contributed by atoms with Crippen LogP contribution >= 0.6 is 11.3 Å². The zero-order chi connectivity index (χ0) is 17.4. The van der Waals surface area contributed by atoms with Gasteiger partial charge in [0.1, 0.15) is 0 Å². The van der Waals surface area contributed by atoms with Gasteiger partial charge < -0.3 is 10.2 Å². The average Bonchev–Trinajstić information content (AvgIpc) is 3.07. The number of likely N-dealkylation sites (tertiary alicyclic amines) is 1. The molecule has 6 heteroatoms. The van der Waals surface area contributed by atoms with Crippen molar-refractivity contribution in [3.63, 3.8) is 0 Å². The molecule has 3 aromatic rings. The Hall–Kier alpha value is -2.73. The van der Waals surface area contributed by atoms with Gasteiger partial charge in [-0.1, -0.05) is 24.3 Å². The van der Waals surface area contributed by atoms with Crippen LogP contribution in [-0.2, 0) is 4.79 Å². The van der Waals surface area contributed by atoms with Crippen molar-refractivity contribution in [1.82, 2.24) is 9.88 Å². The number of para-hydroxylation sites is 1. The summed E-state index contributed by atoms with van der Waals surface area (Å²) in [6, 6.07) is 13.3. The number of pyridine rings is 1. The summed E-state index contributed by atoms with van der Waals surface area (Å²) in [6.07, 6.45) is 0. The lowest BCUT2D eigenvalue weighted by Crippen LogP contribution is -2.54. The predicted molar refractivity (Wildman–Crippen MR) is 98.8 cm³/mol. The Labute approximate surface area is 149 Å². The molecule has 4 rings (SSSR count). The van der Waals surface area contributed by atoms with Crippen molar-refractivity contribution in [2.24, 2.45) is 5.92 Å². The lowest BCUT2D eigenvalue weighted by Gasteiger charge is -2.38. The third-order valence-corrected chi connectivity index (χ3v) is 5.23. The van der Waals surface area contributed by atoms with E-state index in [0.29, 0.717) is 13.1 Å². The Morgan fingerprint density at radius 1 is 1.20 bits per heavy atom. The molecule has 0 spiro atoms. The number of rotatable bonds is 3. The third kappa shape index (κ3) is 3.00. The summed E-state index contributed by atoms with van der Waals surface area (Å²) in [5, 5.41) is 5.81. The van der Waals surface area contributed by atoms with Crippen molar-refractivity contribution in [2.75, 3.05) is 18.4 Å².